The molecule has 0 radical (unpaired) electrons. The number of methoxy groups -OCH3 is 2. The van der Waals surface area contributed by atoms with Gasteiger partial charge in [0.25, 0.3) is 0 Å². The number of fused-ring (bicyclic) bond motifs is 2. The maximum Gasteiger partial charge on any atom is 0.304 e. The van der Waals surface area contributed by atoms with E-state index in [2.05, 4.69) is 24.0 Å². The summed E-state index contributed by atoms with van der Waals surface area (Å²) in [5, 5.41) is 10.1. The number of benzene rings is 2. The fraction of sp³-hybridized carbons (Fsp3) is 0.333. The molecule has 1 aromatic heterocycles. The van der Waals surface area contributed by atoms with Gasteiger partial charge in [-0.1, -0.05) is 12.1 Å². The van der Waals surface area contributed by atoms with E-state index in [0.29, 0.717) is 37.7 Å². The van der Waals surface area contributed by atoms with Crippen LogP contribution in [0.25, 0.3) is 22.2 Å². The van der Waals surface area contributed by atoms with Gasteiger partial charge in [0.05, 0.1) is 26.3 Å². The van der Waals surface area contributed by atoms with Crippen LogP contribution in [0.15, 0.2) is 36.4 Å². The van der Waals surface area contributed by atoms with E-state index in [1.54, 1.807) is 14.2 Å². The molecule has 0 spiro atoms. The third-order valence-electron chi connectivity index (χ3n) is 5.57. The first-order chi connectivity index (χ1) is 15.0. The molecule has 1 aliphatic rings. The van der Waals surface area contributed by atoms with Gasteiger partial charge in [0.1, 0.15) is 17.9 Å². The predicted molar refractivity (Wildman–Crippen MR) is 118 cm³/mol. The summed E-state index contributed by atoms with van der Waals surface area (Å²) in [5.74, 6) is 1.28. The number of rotatable bonds is 6. The Labute approximate surface area is 181 Å². The lowest BCUT2D eigenvalue weighted by Crippen LogP contribution is -2.28. The number of nitrogens with zero attached hydrogens (tertiary/aromatic N) is 2. The van der Waals surface area contributed by atoms with Crippen LogP contribution in [0.3, 0.4) is 0 Å². The molecule has 0 bridgehead atoms. The molecule has 2 heterocycles. The molecule has 0 aliphatic carbocycles. The van der Waals surface area contributed by atoms with Crippen molar-refractivity contribution >= 4 is 16.9 Å². The standard InChI is InChI=1S/C24H26N2O5/c1-15-11-19(25-23-18(15)5-4-6-20(23)29-2)16-12-17-14-26(8-7-22(27)28)9-10-31-24(17)21(13-16)30-3/h4-6,11-13H,7-10,14H2,1-3H3,(H,27,28). The number of aryl methyl sites for hydroxylation is 1. The Morgan fingerprint density at radius 2 is 2.00 bits per heavy atom. The molecule has 0 saturated heterocycles. The van der Waals surface area contributed by atoms with Crippen molar-refractivity contribution in [3.63, 3.8) is 0 Å². The maximum absolute atomic E-state index is 11.0. The van der Waals surface area contributed by atoms with E-state index in [1.165, 1.54) is 0 Å². The minimum absolute atomic E-state index is 0.0946. The van der Waals surface area contributed by atoms with E-state index in [4.69, 9.17) is 24.3 Å². The van der Waals surface area contributed by atoms with Gasteiger partial charge in [-0.3, -0.25) is 9.69 Å². The van der Waals surface area contributed by atoms with Crippen LogP contribution in [-0.4, -0.2) is 54.9 Å². The van der Waals surface area contributed by atoms with Crippen LogP contribution in [-0.2, 0) is 11.3 Å². The van der Waals surface area contributed by atoms with Crippen LogP contribution in [0.1, 0.15) is 17.5 Å². The average Bonchev–Trinajstić information content (AvgIpc) is 2.98. The van der Waals surface area contributed by atoms with Crippen molar-refractivity contribution in [2.45, 2.75) is 19.9 Å². The number of carboxylic acids is 1. The second kappa shape index (κ2) is 8.81. The molecular weight excluding hydrogens is 396 g/mol. The number of hydrogen-bond donors (Lipinski definition) is 1. The van der Waals surface area contributed by atoms with Crippen molar-refractivity contribution in [1.82, 2.24) is 9.88 Å². The number of para-hydroxylation sites is 1. The van der Waals surface area contributed by atoms with Gasteiger partial charge in [-0.15, -0.1) is 0 Å². The first kappa shape index (κ1) is 20.9. The fourth-order valence-corrected chi connectivity index (χ4v) is 3.99. The Bertz CT molecular complexity index is 1130. The fourth-order valence-electron chi connectivity index (χ4n) is 3.99. The largest absolute Gasteiger partial charge is 0.494 e. The highest BCUT2D eigenvalue weighted by molar-refractivity contribution is 5.89. The lowest BCUT2D eigenvalue weighted by atomic mass is 10.0. The summed E-state index contributed by atoms with van der Waals surface area (Å²) < 4.78 is 17.1. The highest BCUT2D eigenvalue weighted by Gasteiger charge is 2.21. The van der Waals surface area contributed by atoms with Crippen LogP contribution in [0, 0.1) is 6.92 Å². The topological polar surface area (TPSA) is 81.1 Å². The van der Waals surface area contributed by atoms with Gasteiger partial charge < -0.3 is 19.3 Å². The van der Waals surface area contributed by atoms with Crippen molar-refractivity contribution in [2.24, 2.45) is 0 Å². The lowest BCUT2D eigenvalue weighted by molar-refractivity contribution is -0.137. The van der Waals surface area contributed by atoms with Crippen molar-refractivity contribution in [3.8, 4) is 28.5 Å². The zero-order chi connectivity index (χ0) is 22.0. The third kappa shape index (κ3) is 4.27. The summed E-state index contributed by atoms with van der Waals surface area (Å²) >= 11 is 0. The Kier molecular flexibility index (Phi) is 5.95. The molecule has 2 aromatic carbocycles. The number of aliphatic carboxylic acids is 1. The maximum atomic E-state index is 11.0. The van der Waals surface area contributed by atoms with E-state index in [-0.39, 0.29) is 6.42 Å². The normalized spacial score (nSPS) is 13.9. The summed E-state index contributed by atoms with van der Waals surface area (Å²) in [4.78, 5) is 18.0. The zero-order valence-electron chi connectivity index (χ0n) is 18.0. The number of ether oxygens (including phenoxy) is 3. The third-order valence-corrected chi connectivity index (χ3v) is 5.57. The first-order valence-corrected chi connectivity index (χ1v) is 10.2. The quantitative estimate of drug-likeness (QED) is 0.645. The van der Waals surface area contributed by atoms with Crippen LogP contribution in [0.4, 0.5) is 0 Å². The van der Waals surface area contributed by atoms with Crippen molar-refractivity contribution in [3.05, 3.63) is 47.5 Å². The number of pyridine rings is 1. The Balaban J connectivity index is 1.79. The Hall–Kier alpha value is -3.32. The highest BCUT2D eigenvalue weighted by atomic mass is 16.5. The molecule has 4 rings (SSSR count). The smallest absolute Gasteiger partial charge is 0.304 e. The summed E-state index contributed by atoms with van der Waals surface area (Å²) in [6.45, 7) is 4.25. The molecular formula is C24H26N2O5. The molecule has 162 valence electrons. The Morgan fingerprint density at radius 1 is 1.19 bits per heavy atom. The summed E-state index contributed by atoms with van der Waals surface area (Å²) in [7, 11) is 3.27. The first-order valence-electron chi connectivity index (χ1n) is 10.2. The minimum atomic E-state index is -0.804. The molecule has 7 nitrogen and oxygen atoms in total. The molecule has 1 aliphatic heterocycles. The molecule has 31 heavy (non-hydrogen) atoms. The van der Waals surface area contributed by atoms with Gasteiger partial charge >= 0.3 is 5.97 Å². The van der Waals surface area contributed by atoms with E-state index in [1.807, 2.05) is 24.3 Å². The van der Waals surface area contributed by atoms with E-state index in [0.717, 1.165) is 39.0 Å². The average molecular weight is 422 g/mol. The molecule has 1 N–H and O–H groups in total. The van der Waals surface area contributed by atoms with E-state index < -0.39 is 5.97 Å². The summed E-state index contributed by atoms with van der Waals surface area (Å²) in [6, 6.07) is 12.0. The molecule has 3 aromatic rings. The van der Waals surface area contributed by atoms with Crippen molar-refractivity contribution in [2.75, 3.05) is 33.9 Å². The van der Waals surface area contributed by atoms with Crippen molar-refractivity contribution in [1.29, 1.82) is 0 Å². The predicted octanol–water partition coefficient (Wildman–Crippen LogP) is 3.90. The Morgan fingerprint density at radius 3 is 2.74 bits per heavy atom. The molecule has 0 amide bonds. The van der Waals surface area contributed by atoms with E-state index in [9.17, 15) is 4.79 Å². The van der Waals surface area contributed by atoms with Crippen LogP contribution in [0.5, 0.6) is 17.2 Å². The lowest BCUT2D eigenvalue weighted by Gasteiger charge is -2.19. The monoisotopic (exact) mass is 422 g/mol. The zero-order valence-corrected chi connectivity index (χ0v) is 18.0. The minimum Gasteiger partial charge on any atom is -0.494 e. The van der Waals surface area contributed by atoms with Gasteiger partial charge in [-0.05, 0) is 36.8 Å². The number of hydrogen-bond acceptors (Lipinski definition) is 6. The number of aromatic nitrogens is 1. The molecule has 7 heteroatoms. The SMILES string of the molecule is COc1cc(-c2cc(C)c3cccc(OC)c3n2)cc2c1OCCN(CCC(=O)O)C2. The van der Waals surface area contributed by atoms with Crippen LogP contribution >= 0.6 is 0 Å². The summed E-state index contributed by atoms with van der Waals surface area (Å²) in [5.41, 5.74) is 4.60. The van der Waals surface area contributed by atoms with Crippen LogP contribution < -0.4 is 14.2 Å². The van der Waals surface area contributed by atoms with Crippen LogP contribution in [0.2, 0.25) is 0 Å². The highest BCUT2D eigenvalue weighted by Crippen LogP contribution is 2.39. The van der Waals surface area contributed by atoms with Gasteiger partial charge in [-0.25, -0.2) is 4.98 Å². The molecule has 0 fully saturated rings. The summed E-state index contributed by atoms with van der Waals surface area (Å²) in [6.07, 6.45) is 0.0946. The van der Waals surface area contributed by atoms with Crippen molar-refractivity contribution < 1.29 is 24.1 Å². The van der Waals surface area contributed by atoms with Gasteiger partial charge in [0.2, 0.25) is 0 Å². The van der Waals surface area contributed by atoms with E-state index >= 15 is 0 Å². The number of carboxylic acid groups (broad SMARTS) is 1. The van der Waals surface area contributed by atoms with Gasteiger partial charge in [-0.2, -0.15) is 0 Å². The molecule has 0 unspecified atom stereocenters. The second-order valence-electron chi connectivity index (χ2n) is 7.62. The molecule has 0 saturated carbocycles. The molecule has 0 atom stereocenters. The van der Waals surface area contributed by atoms with Gasteiger partial charge in [0, 0.05) is 36.1 Å². The van der Waals surface area contributed by atoms with Gasteiger partial charge in [0.15, 0.2) is 11.5 Å². The number of carbonyl (C=O) groups is 1. The second-order valence-corrected chi connectivity index (χ2v) is 7.62.